The molecule has 9 nitrogen and oxygen atoms in total. The van der Waals surface area contributed by atoms with Gasteiger partial charge in [-0.1, -0.05) is 13.3 Å². The van der Waals surface area contributed by atoms with Crippen LogP contribution in [0, 0.1) is 0 Å². The second kappa shape index (κ2) is 7.58. The number of nitrogens with two attached hydrogens (primary N) is 1. The van der Waals surface area contributed by atoms with E-state index in [9.17, 15) is 9.13 Å². The second-order valence-electron chi connectivity index (χ2n) is 3.52. The minimum atomic E-state index is -5.05. The lowest BCUT2D eigenvalue weighted by atomic mass is 10.1. The van der Waals surface area contributed by atoms with E-state index in [4.69, 9.17) is 30.4 Å². The Kier molecular flexibility index (Phi) is 8.70. The van der Waals surface area contributed by atoms with Crippen molar-refractivity contribution >= 4 is 15.6 Å². The van der Waals surface area contributed by atoms with E-state index < -0.39 is 21.4 Å². The molecule has 11 heteroatoms. The van der Waals surface area contributed by atoms with E-state index in [1.165, 1.54) is 0 Å². The van der Waals surface area contributed by atoms with Gasteiger partial charge < -0.3 is 30.4 Å². The molecule has 0 aliphatic carbocycles. The molecule has 1 atom stereocenters. The van der Waals surface area contributed by atoms with Gasteiger partial charge >= 0.3 is 15.6 Å². The molecule has 0 saturated carbocycles. The summed E-state index contributed by atoms with van der Waals surface area (Å²) in [6, 6.07) is 0. The smallest absolute Gasteiger partial charge is 0.376 e. The van der Waals surface area contributed by atoms with E-state index >= 15 is 0 Å². The van der Waals surface area contributed by atoms with Crippen LogP contribution in [-0.4, -0.2) is 30.4 Å². The van der Waals surface area contributed by atoms with Crippen LogP contribution in [0.4, 0.5) is 0 Å². The highest BCUT2D eigenvalue weighted by Crippen LogP contribution is 2.53. The average molecular weight is 295 g/mol. The Bertz CT molecular complexity index is 269. The van der Waals surface area contributed by atoms with Gasteiger partial charge in [0.15, 0.2) is 0 Å². The van der Waals surface area contributed by atoms with Gasteiger partial charge in [0.25, 0.3) is 0 Å². The van der Waals surface area contributed by atoms with Gasteiger partial charge in [0, 0.05) is 0 Å². The van der Waals surface area contributed by atoms with Gasteiger partial charge in [-0.05, 0) is 19.8 Å². The molecule has 0 aromatic rings. The maximum Gasteiger partial charge on any atom is 0.478 e. The third kappa shape index (κ3) is 26.0. The average Bonchev–Trinajstić information content (AvgIpc) is 1.93. The van der Waals surface area contributed by atoms with Crippen molar-refractivity contribution in [3.63, 3.8) is 0 Å². The van der Waals surface area contributed by atoms with Gasteiger partial charge in [-0.3, -0.25) is 0 Å². The first-order valence-electron chi connectivity index (χ1n) is 4.60. The van der Waals surface area contributed by atoms with Crippen LogP contribution in [-0.2, 0) is 13.4 Å². The molecule has 1 unspecified atom stereocenters. The van der Waals surface area contributed by atoms with Crippen LogP contribution in [0.1, 0.15) is 33.1 Å². The van der Waals surface area contributed by atoms with Crippen molar-refractivity contribution < 1.29 is 38.1 Å². The topological polar surface area (TPSA) is 171 Å². The Morgan fingerprint density at radius 1 is 1.18 bits per heavy atom. The summed E-state index contributed by atoms with van der Waals surface area (Å²) in [5.74, 6) is 0. The molecular formula is C6H19NO8P2. The van der Waals surface area contributed by atoms with E-state index in [0.717, 1.165) is 12.8 Å². The molecule has 0 bridgehead atoms. The van der Waals surface area contributed by atoms with Crippen molar-refractivity contribution in [1.29, 1.82) is 0 Å². The fourth-order valence-electron chi connectivity index (χ4n) is 0.673. The summed E-state index contributed by atoms with van der Waals surface area (Å²) in [6.45, 7) is 3.70. The Balaban J connectivity index is 0. The monoisotopic (exact) mass is 295 g/mol. The van der Waals surface area contributed by atoms with Gasteiger partial charge in [-0.2, -0.15) is 4.31 Å². The summed E-state index contributed by atoms with van der Waals surface area (Å²) in [5, 5.41) is 8.93. The number of aliphatic hydroxyl groups is 1. The lowest BCUT2D eigenvalue weighted by Crippen LogP contribution is -2.35. The zero-order valence-electron chi connectivity index (χ0n) is 9.55. The molecule has 17 heavy (non-hydrogen) atoms. The zero-order valence-corrected chi connectivity index (χ0v) is 11.3. The molecule has 0 fully saturated rings. The maximum atomic E-state index is 9.63. The summed E-state index contributed by atoms with van der Waals surface area (Å²) in [5.41, 5.74) is 4.33. The molecule has 0 aromatic carbocycles. The number of phosphoric acid groups is 2. The largest absolute Gasteiger partial charge is 0.478 e. The number of rotatable bonds is 5. The molecule has 0 aromatic heterocycles. The Hall–Kier alpha value is 0.180. The van der Waals surface area contributed by atoms with Crippen LogP contribution in [0.2, 0.25) is 0 Å². The van der Waals surface area contributed by atoms with Gasteiger partial charge in [0.05, 0.1) is 0 Å². The predicted octanol–water partition coefficient (Wildman–Crippen LogP) is 0.0322. The third-order valence-corrected chi connectivity index (χ3v) is 2.95. The van der Waals surface area contributed by atoms with E-state index in [1.54, 1.807) is 6.92 Å². The highest BCUT2D eigenvalue weighted by Gasteiger charge is 2.27. The highest BCUT2D eigenvalue weighted by molar-refractivity contribution is 7.60. The standard InChI is InChI=1S/C6H15NO.H4O7P2/c1-3-4-5-6(2,7)8;1-8(2,3)7-9(4,5)6/h8H,3-5,7H2,1-2H3;(H2,1,2,3)(H2,4,5,6). The first kappa shape index (κ1) is 19.5. The number of unbranched alkanes of at least 4 members (excludes halogenated alkanes) is 1. The molecular weight excluding hydrogens is 276 g/mol. The SMILES string of the molecule is CCCCC(C)(N)O.O=P(O)(O)OP(=O)(O)O. The van der Waals surface area contributed by atoms with Gasteiger partial charge in [-0.15, -0.1) is 0 Å². The van der Waals surface area contributed by atoms with E-state index in [1.807, 2.05) is 0 Å². The summed E-state index contributed by atoms with van der Waals surface area (Å²) in [6.07, 6.45) is 2.79. The minimum absolute atomic E-state index is 0.698. The van der Waals surface area contributed by atoms with Gasteiger partial charge in [-0.25, -0.2) is 9.13 Å². The molecule has 0 saturated heterocycles. The van der Waals surface area contributed by atoms with Crippen LogP contribution in [0.3, 0.4) is 0 Å². The van der Waals surface area contributed by atoms with E-state index in [0.29, 0.717) is 6.42 Å². The van der Waals surface area contributed by atoms with Gasteiger partial charge in [0.1, 0.15) is 5.72 Å². The van der Waals surface area contributed by atoms with Crippen LogP contribution in [0.15, 0.2) is 0 Å². The summed E-state index contributed by atoms with van der Waals surface area (Å²) in [7, 11) is -10.1. The van der Waals surface area contributed by atoms with Crippen LogP contribution >= 0.6 is 15.6 Å². The second-order valence-corrected chi connectivity index (χ2v) is 6.14. The fraction of sp³-hybridized carbons (Fsp3) is 1.00. The molecule has 0 rings (SSSR count). The van der Waals surface area contributed by atoms with Crippen molar-refractivity contribution in [3.8, 4) is 0 Å². The molecule has 7 N–H and O–H groups in total. The molecule has 0 amide bonds. The summed E-state index contributed by atoms with van der Waals surface area (Å²) in [4.78, 5) is 31.0. The number of hydrogen-bond acceptors (Lipinski definition) is 5. The van der Waals surface area contributed by atoms with Gasteiger partial charge in [0.2, 0.25) is 0 Å². The maximum absolute atomic E-state index is 9.63. The molecule has 0 spiro atoms. The molecule has 106 valence electrons. The first-order valence-corrected chi connectivity index (χ1v) is 7.66. The van der Waals surface area contributed by atoms with Crippen molar-refractivity contribution in [2.45, 2.75) is 38.8 Å². The third-order valence-electron chi connectivity index (χ3n) is 1.25. The normalized spacial score (nSPS) is 15.8. The zero-order chi connectivity index (χ0) is 14.3. The molecule has 0 radical (unpaired) electrons. The van der Waals surface area contributed by atoms with E-state index in [2.05, 4.69) is 11.2 Å². The van der Waals surface area contributed by atoms with Crippen molar-refractivity contribution in [2.75, 3.05) is 0 Å². The van der Waals surface area contributed by atoms with Crippen molar-refractivity contribution in [2.24, 2.45) is 5.73 Å². The Labute approximate surface area is 99.1 Å². The Morgan fingerprint density at radius 2 is 1.53 bits per heavy atom. The summed E-state index contributed by atoms with van der Waals surface area (Å²) >= 11 is 0. The quantitative estimate of drug-likeness (QED) is 0.302. The highest BCUT2D eigenvalue weighted by atomic mass is 31.3. The predicted molar refractivity (Wildman–Crippen MR) is 59.5 cm³/mol. The molecule has 0 aliphatic rings. The molecule has 0 heterocycles. The van der Waals surface area contributed by atoms with Crippen LogP contribution in [0.25, 0.3) is 0 Å². The fourth-order valence-corrected chi connectivity index (χ4v) is 1.78. The lowest BCUT2D eigenvalue weighted by molar-refractivity contribution is 0.0556. The minimum Gasteiger partial charge on any atom is -0.376 e. The van der Waals surface area contributed by atoms with Crippen molar-refractivity contribution in [3.05, 3.63) is 0 Å². The lowest BCUT2D eigenvalue weighted by Gasteiger charge is -2.15. The van der Waals surface area contributed by atoms with Crippen molar-refractivity contribution in [1.82, 2.24) is 0 Å². The van der Waals surface area contributed by atoms with Crippen LogP contribution < -0.4 is 5.73 Å². The first-order chi connectivity index (χ1) is 7.27. The molecule has 0 aliphatic heterocycles. The Morgan fingerprint density at radius 3 is 1.59 bits per heavy atom. The summed E-state index contributed by atoms with van der Waals surface area (Å²) < 4.78 is 22.2. The van der Waals surface area contributed by atoms with E-state index in [-0.39, 0.29) is 0 Å². The van der Waals surface area contributed by atoms with Crippen LogP contribution in [0.5, 0.6) is 0 Å². The number of hydrogen-bond donors (Lipinski definition) is 6.